The molecule has 1 aromatic rings. The summed E-state index contributed by atoms with van der Waals surface area (Å²) < 4.78 is 13.6. The molecule has 0 saturated heterocycles. The van der Waals surface area contributed by atoms with Crippen LogP contribution in [0.4, 0.5) is 4.39 Å². The van der Waals surface area contributed by atoms with Gasteiger partial charge in [-0.2, -0.15) is 0 Å². The van der Waals surface area contributed by atoms with Crippen molar-refractivity contribution in [2.24, 2.45) is 0 Å². The monoisotopic (exact) mass is 269 g/mol. The van der Waals surface area contributed by atoms with Crippen LogP contribution in [0.2, 0.25) is 5.02 Å². The van der Waals surface area contributed by atoms with E-state index in [9.17, 15) is 9.18 Å². The zero-order valence-corrected chi connectivity index (χ0v) is 11.0. The maximum atomic E-state index is 13.6. The van der Waals surface area contributed by atoms with E-state index in [-0.39, 0.29) is 17.5 Å². The number of rotatable bonds is 2. The van der Waals surface area contributed by atoms with E-state index in [1.807, 2.05) is 0 Å². The molecule has 1 amide bonds. The number of carbonyl (C=O) groups is 1. The van der Waals surface area contributed by atoms with Crippen molar-refractivity contribution >= 4 is 17.5 Å². The maximum absolute atomic E-state index is 13.6. The lowest BCUT2D eigenvalue weighted by molar-refractivity contribution is 0.0929. The minimum absolute atomic E-state index is 0.0728. The molecule has 0 heterocycles. The molecule has 0 aliphatic heterocycles. The van der Waals surface area contributed by atoms with Gasteiger partial charge in [0.25, 0.3) is 5.91 Å². The largest absolute Gasteiger partial charge is 0.349 e. The average Bonchev–Trinajstić information content (AvgIpc) is 2.57. The van der Waals surface area contributed by atoms with Crippen molar-refractivity contribution in [3.05, 3.63) is 34.6 Å². The van der Waals surface area contributed by atoms with Gasteiger partial charge in [-0.1, -0.05) is 37.3 Å². The Morgan fingerprint density at radius 1 is 1.22 bits per heavy atom. The van der Waals surface area contributed by atoms with Crippen molar-refractivity contribution in [2.75, 3.05) is 0 Å². The summed E-state index contributed by atoms with van der Waals surface area (Å²) in [6.45, 7) is 0. The normalized spacial score (nSPS) is 17.2. The summed E-state index contributed by atoms with van der Waals surface area (Å²) in [4.78, 5) is 12.0. The standard InChI is InChI=1S/C14H17ClFNO/c15-10-7-8-12(13(16)9-10)14(18)17-11-5-3-1-2-4-6-11/h7-9,11H,1-6H2,(H,17,18). The molecule has 0 radical (unpaired) electrons. The lowest BCUT2D eigenvalue weighted by atomic mass is 10.1. The summed E-state index contributed by atoms with van der Waals surface area (Å²) in [5.41, 5.74) is 0.0728. The van der Waals surface area contributed by atoms with Gasteiger partial charge < -0.3 is 5.32 Å². The first-order valence-electron chi connectivity index (χ1n) is 6.43. The SMILES string of the molecule is O=C(NC1CCCCCC1)c1ccc(Cl)cc1F. The Morgan fingerprint density at radius 3 is 2.50 bits per heavy atom. The molecule has 98 valence electrons. The minimum atomic E-state index is -0.561. The second-order valence-corrected chi connectivity index (χ2v) is 5.22. The third kappa shape index (κ3) is 3.45. The molecular weight excluding hydrogens is 253 g/mol. The van der Waals surface area contributed by atoms with Crippen LogP contribution in [-0.4, -0.2) is 11.9 Å². The summed E-state index contributed by atoms with van der Waals surface area (Å²) in [7, 11) is 0. The first kappa shape index (κ1) is 13.3. The van der Waals surface area contributed by atoms with E-state index in [0.29, 0.717) is 5.02 Å². The number of hydrogen-bond donors (Lipinski definition) is 1. The molecule has 1 saturated carbocycles. The highest BCUT2D eigenvalue weighted by Crippen LogP contribution is 2.19. The predicted octanol–water partition coefficient (Wildman–Crippen LogP) is 3.93. The van der Waals surface area contributed by atoms with Crippen LogP contribution in [0.5, 0.6) is 0 Å². The molecule has 1 N–H and O–H groups in total. The molecule has 1 aliphatic rings. The molecule has 1 fully saturated rings. The molecule has 0 atom stereocenters. The quantitative estimate of drug-likeness (QED) is 0.810. The topological polar surface area (TPSA) is 29.1 Å². The number of nitrogens with one attached hydrogen (secondary N) is 1. The summed E-state index contributed by atoms with van der Waals surface area (Å²) in [6, 6.07) is 4.31. The fraction of sp³-hybridized carbons (Fsp3) is 0.500. The van der Waals surface area contributed by atoms with Crippen molar-refractivity contribution in [1.29, 1.82) is 0 Å². The van der Waals surface area contributed by atoms with Crippen LogP contribution in [0.25, 0.3) is 0 Å². The average molecular weight is 270 g/mol. The first-order valence-corrected chi connectivity index (χ1v) is 6.80. The number of amides is 1. The van der Waals surface area contributed by atoms with Crippen LogP contribution in [0.1, 0.15) is 48.9 Å². The highest BCUT2D eigenvalue weighted by atomic mass is 35.5. The first-order chi connectivity index (χ1) is 8.66. The second kappa shape index (κ2) is 6.19. The summed E-state index contributed by atoms with van der Waals surface area (Å²) in [5, 5.41) is 3.22. The Bertz CT molecular complexity index is 428. The summed E-state index contributed by atoms with van der Waals surface area (Å²) in [5.74, 6) is -0.898. The van der Waals surface area contributed by atoms with Gasteiger partial charge in [-0.3, -0.25) is 4.79 Å². The van der Waals surface area contributed by atoms with Gasteiger partial charge >= 0.3 is 0 Å². The van der Waals surface area contributed by atoms with E-state index in [0.717, 1.165) is 25.7 Å². The van der Waals surface area contributed by atoms with Gasteiger partial charge in [-0.25, -0.2) is 4.39 Å². The van der Waals surface area contributed by atoms with Gasteiger partial charge in [0.15, 0.2) is 0 Å². The summed E-state index contributed by atoms with van der Waals surface area (Å²) >= 11 is 5.66. The molecule has 2 nitrogen and oxygen atoms in total. The van der Waals surface area contributed by atoms with Crippen LogP contribution in [0.3, 0.4) is 0 Å². The van der Waals surface area contributed by atoms with E-state index in [2.05, 4.69) is 5.32 Å². The number of carbonyl (C=O) groups excluding carboxylic acids is 1. The highest BCUT2D eigenvalue weighted by Gasteiger charge is 2.18. The Balaban J connectivity index is 2.02. The molecule has 0 unspecified atom stereocenters. The van der Waals surface area contributed by atoms with Gasteiger partial charge in [0.05, 0.1) is 5.56 Å². The maximum Gasteiger partial charge on any atom is 0.254 e. The van der Waals surface area contributed by atoms with E-state index in [1.54, 1.807) is 0 Å². The van der Waals surface area contributed by atoms with E-state index in [1.165, 1.54) is 31.0 Å². The Morgan fingerprint density at radius 2 is 1.89 bits per heavy atom. The van der Waals surface area contributed by atoms with Gasteiger partial charge in [-0.15, -0.1) is 0 Å². The van der Waals surface area contributed by atoms with Gasteiger partial charge in [0.2, 0.25) is 0 Å². The molecular formula is C14H17ClFNO. The van der Waals surface area contributed by atoms with Crippen molar-refractivity contribution in [2.45, 2.75) is 44.6 Å². The molecule has 18 heavy (non-hydrogen) atoms. The Kier molecular flexibility index (Phi) is 4.59. The highest BCUT2D eigenvalue weighted by molar-refractivity contribution is 6.30. The Labute approximate surface area is 112 Å². The van der Waals surface area contributed by atoms with Crippen molar-refractivity contribution in [1.82, 2.24) is 5.32 Å². The number of halogens is 2. The fourth-order valence-electron chi connectivity index (χ4n) is 2.36. The number of benzene rings is 1. The smallest absolute Gasteiger partial charge is 0.254 e. The molecule has 2 rings (SSSR count). The fourth-order valence-corrected chi connectivity index (χ4v) is 2.52. The van der Waals surface area contributed by atoms with E-state index < -0.39 is 5.82 Å². The van der Waals surface area contributed by atoms with E-state index in [4.69, 9.17) is 11.6 Å². The zero-order chi connectivity index (χ0) is 13.0. The number of hydrogen-bond acceptors (Lipinski definition) is 1. The second-order valence-electron chi connectivity index (χ2n) is 4.79. The van der Waals surface area contributed by atoms with Crippen LogP contribution in [-0.2, 0) is 0 Å². The van der Waals surface area contributed by atoms with Crippen molar-refractivity contribution < 1.29 is 9.18 Å². The molecule has 0 aromatic heterocycles. The minimum Gasteiger partial charge on any atom is -0.349 e. The van der Waals surface area contributed by atoms with Crippen LogP contribution in [0.15, 0.2) is 18.2 Å². The third-order valence-corrected chi connectivity index (χ3v) is 3.60. The van der Waals surface area contributed by atoms with Gasteiger partial charge in [0, 0.05) is 11.1 Å². The van der Waals surface area contributed by atoms with Crippen LogP contribution in [0, 0.1) is 5.82 Å². The van der Waals surface area contributed by atoms with Crippen LogP contribution < -0.4 is 5.32 Å². The Hall–Kier alpha value is -1.09. The third-order valence-electron chi connectivity index (χ3n) is 3.37. The molecule has 4 heteroatoms. The van der Waals surface area contributed by atoms with Gasteiger partial charge in [0.1, 0.15) is 5.82 Å². The lowest BCUT2D eigenvalue weighted by Crippen LogP contribution is -2.34. The zero-order valence-electron chi connectivity index (χ0n) is 10.2. The van der Waals surface area contributed by atoms with Crippen LogP contribution >= 0.6 is 11.6 Å². The molecule has 0 bridgehead atoms. The predicted molar refractivity (Wildman–Crippen MR) is 70.4 cm³/mol. The van der Waals surface area contributed by atoms with E-state index >= 15 is 0 Å². The summed E-state index contributed by atoms with van der Waals surface area (Å²) in [6.07, 6.45) is 6.69. The molecule has 0 spiro atoms. The van der Waals surface area contributed by atoms with Crippen molar-refractivity contribution in [3.63, 3.8) is 0 Å². The van der Waals surface area contributed by atoms with Crippen molar-refractivity contribution in [3.8, 4) is 0 Å². The molecule has 1 aromatic carbocycles. The lowest BCUT2D eigenvalue weighted by Gasteiger charge is -2.16. The molecule has 1 aliphatic carbocycles. The van der Waals surface area contributed by atoms with Gasteiger partial charge in [-0.05, 0) is 31.0 Å².